The van der Waals surface area contributed by atoms with Crippen LogP contribution in [-0.4, -0.2) is 17.0 Å². The van der Waals surface area contributed by atoms with Crippen molar-refractivity contribution in [2.75, 3.05) is 0 Å². The van der Waals surface area contributed by atoms with Gasteiger partial charge in [0.15, 0.2) is 5.96 Å². The number of guanidine groups is 1. The SMILES string of the molecule is Cl.N=C(N)N.O=C(O)/C=C/c1cccc(C(F)(F)F)c1. The van der Waals surface area contributed by atoms with Gasteiger partial charge < -0.3 is 16.6 Å². The first kappa shape index (κ1) is 20.1. The van der Waals surface area contributed by atoms with Crippen LogP contribution in [0.4, 0.5) is 13.2 Å². The molecule has 0 bridgehead atoms. The Kier molecular flexibility index (Phi) is 8.85. The van der Waals surface area contributed by atoms with E-state index in [1.807, 2.05) is 0 Å². The standard InChI is InChI=1S/C10H7F3O2.CH5N3.ClH/c11-10(12,13)8-3-1-2-7(6-8)4-5-9(14)15;2-1(3)4;/h1-6H,(H,14,15);(H5,2,3,4);1H/b5-4+;;. The minimum Gasteiger partial charge on any atom is -0.478 e. The van der Waals surface area contributed by atoms with E-state index in [9.17, 15) is 18.0 Å². The summed E-state index contributed by atoms with van der Waals surface area (Å²) in [7, 11) is 0. The number of nitrogens with two attached hydrogens (primary N) is 2. The van der Waals surface area contributed by atoms with Gasteiger partial charge in [-0.1, -0.05) is 12.1 Å². The second kappa shape index (κ2) is 8.81. The molecule has 1 rings (SSSR count). The molecule has 0 saturated carbocycles. The fourth-order valence-corrected chi connectivity index (χ4v) is 0.986. The number of carboxylic acid groups (broad SMARTS) is 1. The van der Waals surface area contributed by atoms with Gasteiger partial charge in [-0.15, -0.1) is 12.4 Å². The van der Waals surface area contributed by atoms with Gasteiger partial charge in [0.2, 0.25) is 0 Å². The largest absolute Gasteiger partial charge is 0.478 e. The number of hydrogen-bond donors (Lipinski definition) is 4. The minimum atomic E-state index is -4.41. The third kappa shape index (κ3) is 9.77. The summed E-state index contributed by atoms with van der Waals surface area (Å²) in [6.07, 6.45) is -2.51. The zero-order chi connectivity index (χ0) is 15.1. The third-order valence-corrected chi connectivity index (χ3v) is 1.63. The van der Waals surface area contributed by atoms with Crippen LogP contribution in [0.2, 0.25) is 0 Å². The Morgan fingerprint density at radius 2 is 1.80 bits per heavy atom. The lowest BCUT2D eigenvalue weighted by Crippen LogP contribution is -2.20. The molecule has 1 aromatic rings. The molecule has 5 nitrogen and oxygen atoms in total. The maximum atomic E-state index is 12.2. The van der Waals surface area contributed by atoms with Gasteiger partial charge in [0, 0.05) is 6.08 Å². The monoisotopic (exact) mass is 311 g/mol. The summed E-state index contributed by atoms with van der Waals surface area (Å²) in [5.74, 6) is -1.53. The zero-order valence-electron chi connectivity index (χ0n) is 10.0. The van der Waals surface area contributed by atoms with E-state index in [-0.39, 0.29) is 23.9 Å². The second-order valence-electron chi connectivity index (χ2n) is 3.25. The number of aliphatic carboxylic acids is 1. The summed E-state index contributed by atoms with van der Waals surface area (Å²) in [5.41, 5.74) is 8.35. The molecule has 0 aromatic heterocycles. The molecule has 0 saturated heterocycles. The summed E-state index contributed by atoms with van der Waals surface area (Å²) >= 11 is 0. The van der Waals surface area contributed by atoms with Crippen molar-refractivity contribution >= 4 is 30.4 Å². The maximum Gasteiger partial charge on any atom is 0.416 e. The average molecular weight is 312 g/mol. The first-order chi connectivity index (χ1) is 8.62. The van der Waals surface area contributed by atoms with E-state index in [1.54, 1.807) is 0 Å². The van der Waals surface area contributed by atoms with Crippen molar-refractivity contribution in [1.29, 1.82) is 5.41 Å². The van der Waals surface area contributed by atoms with Crippen LogP contribution in [0.3, 0.4) is 0 Å². The van der Waals surface area contributed by atoms with E-state index in [0.29, 0.717) is 0 Å². The van der Waals surface area contributed by atoms with Gasteiger partial charge in [0.05, 0.1) is 5.56 Å². The molecule has 6 N–H and O–H groups in total. The van der Waals surface area contributed by atoms with Crippen LogP contribution >= 0.6 is 12.4 Å². The van der Waals surface area contributed by atoms with Crippen LogP contribution in [0.5, 0.6) is 0 Å². The van der Waals surface area contributed by atoms with Crippen LogP contribution in [0, 0.1) is 5.41 Å². The Morgan fingerprint density at radius 1 is 1.30 bits per heavy atom. The van der Waals surface area contributed by atoms with Crippen LogP contribution in [0.15, 0.2) is 30.3 Å². The zero-order valence-corrected chi connectivity index (χ0v) is 10.8. The van der Waals surface area contributed by atoms with E-state index in [4.69, 9.17) is 10.5 Å². The Bertz CT molecular complexity index is 486. The molecule has 0 fully saturated rings. The van der Waals surface area contributed by atoms with E-state index in [2.05, 4.69) is 11.5 Å². The Morgan fingerprint density at radius 3 is 2.20 bits per heavy atom. The molecule has 1 aromatic carbocycles. The number of nitrogens with one attached hydrogen (secondary N) is 1. The maximum absolute atomic E-state index is 12.2. The number of hydrogen-bond acceptors (Lipinski definition) is 2. The highest BCUT2D eigenvalue weighted by Gasteiger charge is 2.30. The van der Waals surface area contributed by atoms with Crippen molar-refractivity contribution in [3.8, 4) is 0 Å². The van der Waals surface area contributed by atoms with Gasteiger partial charge in [-0.2, -0.15) is 13.2 Å². The van der Waals surface area contributed by atoms with Crippen LogP contribution < -0.4 is 11.5 Å². The highest BCUT2D eigenvalue weighted by molar-refractivity contribution is 5.85. The fraction of sp³-hybridized carbons (Fsp3) is 0.0909. The van der Waals surface area contributed by atoms with Crippen molar-refractivity contribution < 1.29 is 23.1 Å². The highest BCUT2D eigenvalue weighted by Crippen LogP contribution is 2.29. The Labute approximate surface area is 119 Å². The lowest BCUT2D eigenvalue weighted by Gasteiger charge is -2.06. The molecular weight excluding hydrogens is 299 g/mol. The van der Waals surface area contributed by atoms with Gasteiger partial charge in [-0.25, -0.2) is 4.79 Å². The van der Waals surface area contributed by atoms with E-state index < -0.39 is 17.7 Å². The fourth-order valence-electron chi connectivity index (χ4n) is 0.986. The Balaban J connectivity index is 0. The first-order valence-electron chi connectivity index (χ1n) is 4.80. The lowest BCUT2D eigenvalue weighted by atomic mass is 10.1. The number of alkyl halides is 3. The number of rotatable bonds is 2. The van der Waals surface area contributed by atoms with Gasteiger partial charge in [0.1, 0.15) is 0 Å². The van der Waals surface area contributed by atoms with Gasteiger partial charge in [-0.3, -0.25) is 5.41 Å². The molecule has 0 aliphatic carbocycles. The molecule has 112 valence electrons. The smallest absolute Gasteiger partial charge is 0.416 e. The number of halogens is 4. The summed E-state index contributed by atoms with van der Waals surface area (Å²) in [6.45, 7) is 0. The molecule has 0 spiro atoms. The molecule has 20 heavy (non-hydrogen) atoms. The summed E-state index contributed by atoms with van der Waals surface area (Å²) in [4.78, 5) is 10.1. The molecule has 9 heteroatoms. The topological polar surface area (TPSA) is 113 Å². The molecule has 0 radical (unpaired) electrons. The highest BCUT2D eigenvalue weighted by atomic mass is 35.5. The van der Waals surface area contributed by atoms with E-state index in [0.717, 1.165) is 24.3 Å². The molecular formula is C11H13ClF3N3O2. The van der Waals surface area contributed by atoms with Crippen LogP contribution in [-0.2, 0) is 11.0 Å². The predicted octanol–water partition coefficient (Wildman–Crippen LogP) is 2.06. The Hall–Kier alpha value is -2.22. The third-order valence-electron chi connectivity index (χ3n) is 1.63. The summed E-state index contributed by atoms with van der Waals surface area (Å²) in [6, 6.07) is 4.44. The van der Waals surface area contributed by atoms with E-state index >= 15 is 0 Å². The number of carbonyl (C=O) groups is 1. The van der Waals surface area contributed by atoms with Crippen LogP contribution in [0.1, 0.15) is 11.1 Å². The second-order valence-corrected chi connectivity index (χ2v) is 3.25. The number of carboxylic acids is 1. The van der Waals surface area contributed by atoms with Gasteiger partial charge in [0.25, 0.3) is 0 Å². The molecule has 0 aliphatic rings. The number of benzene rings is 1. The molecule has 0 atom stereocenters. The molecule has 0 unspecified atom stereocenters. The minimum absolute atomic E-state index is 0. The van der Waals surface area contributed by atoms with Crippen molar-refractivity contribution in [2.45, 2.75) is 6.18 Å². The van der Waals surface area contributed by atoms with Crippen molar-refractivity contribution in [2.24, 2.45) is 11.5 Å². The van der Waals surface area contributed by atoms with E-state index in [1.165, 1.54) is 12.1 Å². The van der Waals surface area contributed by atoms with Gasteiger partial charge in [-0.05, 0) is 23.8 Å². The van der Waals surface area contributed by atoms with Crippen molar-refractivity contribution in [3.05, 3.63) is 41.5 Å². The van der Waals surface area contributed by atoms with Gasteiger partial charge >= 0.3 is 12.1 Å². The lowest BCUT2D eigenvalue weighted by molar-refractivity contribution is -0.137. The molecule has 0 aliphatic heterocycles. The quantitative estimate of drug-likeness (QED) is 0.380. The van der Waals surface area contributed by atoms with Crippen LogP contribution in [0.25, 0.3) is 6.08 Å². The van der Waals surface area contributed by atoms with Crippen molar-refractivity contribution in [1.82, 2.24) is 0 Å². The molecule has 0 heterocycles. The summed E-state index contributed by atoms with van der Waals surface area (Å²) in [5, 5.41) is 14.4. The molecule has 0 amide bonds. The van der Waals surface area contributed by atoms with Crippen molar-refractivity contribution in [3.63, 3.8) is 0 Å². The average Bonchev–Trinajstić information content (AvgIpc) is 2.25. The predicted molar refractivity (Wildman–Crippen MR) is 71.5 cm³/mol. The summed E-state index contributed by atoms with van der Waals surface area (Å²) < 4.78 is 36.7. The first-order valence-corrected chi connectivity index (χ1v) is 4.80. The normalized spacial score (nSPS) is 10.2.